The number of nitrogens with one attached hydrogen (secondary N) is 1. The molecule has 0 radical (unpaired) electrons. The molecule has 0 spiro atoms. The Morgan fingerprint density at radius 2 is 1.61 bits per heavy atom. The third kappa shape index (κ3) is 4.20. The van der Waals surface area contributed by atoms with Crippen LogP contribution in [0.25, 0.3) is 0 Å². The predicted molar refractivity (Wildman–Crippen MR) is 114 cm³/mol. The molecule has 0 aliphatic carbocycles. The first-order valence-corrected chi connectivity index (χ1v) is 10.0. The Morgan fingerprint density at radius 3 is 2.32 bits per heavy atom. The van der Waals surface area contributed by atoms with Gasteiger partial charge in [0.2, 0.25) is 5.91 Å². The van der Waals surface area contributed by atoms with E-state index >= 15 is 0 Å². The van der Waals surface area contributed by atoms with E-state index in [1.165, 1.54) is 19.3 Å². The van der Waals surface area contributed by atoms with Crippen molar-refractivity contribution < 1.29 is 4.79 Å². The van der Waals surface area contributed by atoms with Crippen molar-refractivity contribution in [1.82, 2.24) is 10.2 Å². The van der Waals surface area contributed by atoms with Gasteiger partial charge in [0.05, 0.1) is 23.8 Å². The van der Waals surface area contributed by atoms with E-state index in [1.807, 2.05) is 49.4 Å². The van der Waals surface area contributed by atoms with E-state index in [1.54, 1.807) is 0 Å². The van der Waals surface area contributed by atoms with E-state index < -0.39 is 0 Å². The number of hydrogen-bond donors (Lipinski definition) is 1. The molecular formula is C23H26N4O. The summed E-state index contributed by atoms with van der Waals surface area (Å²) in [4.78, 5) is 24.7. The van der Waals surface area contributed by atoms with Crippen LogP contribution < -0.4 is 5.32 Å². The lowest BCUT2D eigenvalue weighted by molar-refractivity contribution is -0.121. The molecule has 4 rings (SSSR count). The number of likely N-dealkylation sites (tertiary alicyclic amines) is 1. The molecule has 0 saturated carbocycles. The molecule has 1 N–H and O–H groups in total. The average Bonchev–Trinajstić information content (AvgIpc) is 2.84. The second-order valence-corrected chi connectivity index (χ2v) is 7.47. The zero-order chi connectivity index (χ0) is 19.3. The topological polar surface area (TPSA) is 57.1 Å². The minimum atomic E-state index is -0.168. The first kappa shape index (κ1) is 18.6. The summed E-state index contributed by atoms with van der Waals surface area (Å²) in [5, 5.41) is 3.11. The zero-order valence-electron chi connectivity index (χ0n) is 16.3. The second kappa shape index (κ2) is 8.48. The van der Waals surface area contributed by atoms with E-state index in [2.05, 4.69) is 22.3 Å². The fraction of sp³-hybridized carbons (Fsp3) is 0.348. The highest BCUT2D eigenvalue weighted by molar-refractivity contribution is 6.17. The first-order chi connectivity index (χ1) is 13.7. The Hall–Kier alpha value is -2.79. The van der Waals surface area contributed by atoms with Gasteiger partial charge < -0.3 is 5.32 Å². The molecule has 2 aliphatic heterocycles. The number of piperidine rings is 1. The second-order valence-electron chi connectivity index (χ2n) is 7.47. The molecule has 1 saturated heterocycles. The van der Waals surface area contributed by atoms with Gasteiger partial charge in [-0.3, -0.25) is 14.7 Å². The van der Waals surface area contributed by atoms with Crippen molar-refractivity contribution in [3.8, 4) is 0 Å². The van der Waals surface area contributed by atoms with Gasteiger partial charge >= 0.3 is 0 Å². The SMILES string of the molecule is CC1=Nc2ccccc2N=C(NC(=O)CN2CCCCC2)C1c1ccccc1. The smallest absolute Gasteiger partial charge is 0.239 e. The third-order valence-corrected chi connectivity index (χ3v) is 5.33. The first-order valence-electron chi connectivity index (χ1n) is 10.0. The maximum atomic E-state index is 12.8. The minimum Gasteiger partial charge on any atom is -0.312 e. The van der Waals surface area contributed by atoms with Crippen LogP contribution in [0.1, 0.15) is 37.7 Å². The monoisotopic (exact) mass is 374 g/mol. The average molecular weight is 374 g/mol. The fourth-order valence-corrected chi connectivity index (χ4v) is 3.95. The third-order valence-electron chi connectivity index (χ3n) is 5.33. The lowest BCUT2D eigenvalue weighted by Crippen LogP contribution is -2.44. The predicted octanol–water partition coefficient (Wildman–Crippen LogP) is 4.21. The van der Waals surface area contributed by atoms with Crippen molar-refractivity contribution in [3.63, 3.8) is 0 Å². The molecule has 144 valence electrons. The van der Waals surface area contributed by atoms with Crippen molar-refractivity contribution in [2.24, 2.45) is 9.98 Å². The molecular weight excluding hydrogens is 348 g/mol. The van der Waals surface area contributed by atoms with Crippen LogP contribution in [0.15, 0.2) is 64.6 Å². The van der Waals surface area contributed by atoms with Gasteiger partial charge in [0.15, 0.2) is 0 Å². The molecule has 2 aromatic rings. The molecule has 1 atom stereocenters. The van der Waals surface area contributed by atoms with Crippen LogP contribution >= 0.6 is 0 Å². The lowest BCUT2D eigenvalue weighted by atomic mass is 9.93. The number of para-hydroxylation sites is 2. The van der Waals surface area contributed by atoms with Gasteiger partial charge in [-0.25, -0.2) is 4.99 Å². The molecule has 1 unspecified atom stereocenters. The van der Waals surface area contributed by atoms with Gasteiger partial charge in [0, 0.05) is 5.71 Å². The highest BCUT2D eigenvalue weighted by Crippen LogP contribution is 2.34. The maximum Gasteiger partial charge on any atom is 0.239 e. The standard InChI is InChI=1S/C23H26N4O/c1-17-22(18-10-4-2-5-11-18)23(25-20-13-7-6-12-19(20)24-17)26-21(28)16-27-14-8-3-9-15-27/h2,4-7,10-13,22H,3,8-9,14-16H2,1H3,(H,25,26,28). The molecule has 1 amide bonds. The summed E-state index contributed by atoms with van der Waals surface area (Å²) in [7, 11) is 0. The molecule has 0 aromatic heterocycles. The van der Waals surface area contributed by atoms with Crippen LogP contribution in [0.3, 0.4) is 0 Å². The molecule has 2 aliphatic rings. The van der Waals surface area contributed by atoms with E-state index in [9.17, 15) is 4.79 Å². The highest BCUT2D eigenvalue weighted by Gasteiger charge is 2.27. The zero-order valence-corrected chi connectivity index (χ0v) is 16.3. The number of amides is 1. The Labute approximate surface area is 166 Å². The summed E-state index contributed by atoms with van der Waals surface area (Å²) in [5.41, 5.74) is 3.62. The van der Waals surface area contributed by atoms with Crippen molar-refractivity contribution >= 4 is 28.8 Å². The minimum absolute atomic E-state index is 0.00578. The Kier molecular flexibility index (Phi) is 5.63. The normalized spacial score (nSPS) is 19.8. The Morgan fingerprint density at radius 1 is 0.964 bits per heavy atom. The van der Waals surface area contributed by atoms with E-state index in [0.717, 1.165) is 35.7 Å². The van der Waals surface area contributed by atoms with E-state index in [4.69, 9.17) is 9.98 Å². The summed E-state index contributed by atoms with van der Waals surface area (Å²) >= 11 is 0. The summed E-state index contributed by atoms with van der Waals surface area (Å²) in [5.74, 6) is 0.479. The van der Waals surface area contributed by atoms with E-state index in [-0.39, 0.29) is 11.8 Å². The summed E-state index contributed by atoms with van der Waals surface area (Å²) in [6.07, 6.45) is 3.59. The number of benzene rings is 2. The molecule has 5 nitrogen and oxygen atoms in total. The van der Waals surface area contributed by atoms with Crippen molar-refractivity contribution in [2.75, 3.05) is 19.6 Å². The molecule has 1 fully saturated rings. The summed E-state index contributed by atoms with van der Waals surface area (Å²) in [6.45, 7) is 4.40. The van der Waals surface area contributed by atoms with Gasteiger partial charge in [0.1, 0.15) is 5.84 Å². The van der Waals surface area contributed by atoms with Gasteiger partial charge in [-0.2, -0.15) is 0 Å². The van der Waals surface area contributed by atoms with Crippen LogP contribution in [0.5, 0.6) is 0 Å². The highest BCUT2D eigenvalue weighted by atomic mass is 16.2. The number of amidine groups is 1. The molecule has 28 heavy (non-hydrogen) atoms. The van der Waals surface area contributed by atoms with Gasteiger partial charge in [-0.15, -0.1) is 0 Å². The molecule has 0 bridgehead atoms. The molecule has 5 heteroatoms. The summed E-state index contributed by atoms with van der Waals surface area (Å²) < 4.78 is 0. The number of fused-ring (bicyclic) bond motifs is 1. The number of rotatable bonds is 3. The quantitative estimate of drug-likeness (QED) is 0.875. The molecule has 2 heterocycles. The number of nitrogens with zero attached hydrogens (tertiary/aromatic N) is 3. The van der Waals surface area contributed by atoms with Gasteiger partial charge in [-0.1, -0.05) is 48.9 Å². The van der Waals surface area contributed by atoms with Crippen molar-refractivity contribution in [3.05, 3.63) is 60.2 Å². The van der Waals surface area contributed by atoms with Crippen LogP contribution in [0.2, 0.25) is 0 Å². The van der Waals surface area contributed by atoms with Gasteiger partial charge in [0.25, 0.3) is 0 Å². The maximum absolute atomic E-state index is 12.8. The Balaban J connectivity index is 1.65. The lowest BCUT2D eigenvalue weighted by Gasteiger charge is -2.26. The largest absolute Gasteiger partial charge is 0.312 e. The summed E-state index contributed by atoms with van der Waals surface area (Å²) in [6, 6.07) is 17.9. The van der Waals surface area contributed by atoms with Crippen LogP contribution in [-0.2, 0) is 4.79 Å². The number of carbonyl (C=O) groups excluding carboxylic acids is 1. The van der Waals surface area contributed by atoms with Gasteiger partial charge in [-0.05, 0) is 50.6 Å². The van der Waals surface area contributed by atoms with Crippen molar-refractivity contribution in [1.29, 1.82) is 0 Å². The fourth-order valence-electron chi connectivity index (χ4n) is 3.95. The number of carbonyl (C=O) groups is 1. The number of hydrogen-bond acceptors (Lipinski definition) is 4. The Bertz CT molecular complexity index is 898. The molecule has 2 aromatic carbocycles. The van der Waals surface area contributed by atoms with Crippen LogP contribution in [-0.4, -0.2) is 42.0 Å². The number of aliphatic imine (C=N–C) groups is 2. The van der Waals surface area contributed by atoms with E-state index in [0.29, 0.717) is 12.4 Å². The van der Waals surface area contributed by atoms with Crippen molar-refractivity contribution in [2.45, 2.75) is 32.1 Å². The van der Waals surface area contributed by atoms with Crippen LogP contribution in [0.4, 0.5) is 11.4 Å². The van der Waals surface area contributed by atoms with Crippen LogP contribution in [0, 0.1) is 0 Å².